The van der Waals surface area contributed by atoms with Crippen molar-refractivity contribution in [3.8, 4) is 17.2 Å². The number of benzene rings is 3. The number of aryl methyl sites for hydroxylation is 1. The van der Waals surface area contributed by atoms with Gasteiger partial charge in [-0.1, -0.05) is 17.7 Å². The largest absolute Gasteiger partial charge is 0.504 e. The standard InChI is InChI=1S/C24H25N3O6S/c1-17-4-11-21(12-5-17)34(30,31)27(19-7-9-20(32-2)10-8-19)16-24(29)26-25-15-18-6-13-22(28)23(14-18)33-3/h4-15,28H,16H2,1-3H3,(H,26,29)/b25-15-. The maximum absolute atomic E-state index is 13.4. The molecule has 34 heavy (non-hydrogen) atoms. The lowest BCUT2D eigenvalue weighted by atomic mass is 10.2. The van der Waals surface area contributed by atoms with E-state index in [0.29, 0.717) is 17.0 Å². The normalized spacial score (nSPS) is 11.3. The van der Waals surface area contributed by atoms with E-state index in [9.17, 15) is 18.3 Å². The first-order chi connectivity index (χ1) is 16.2. The molecule has 0 bridgehead atoms. The number of phenolic OH excluding ortho intramolecular Hbond substituents is 1. The summed E-state index contributed by atoms with van der Waals surface area (Å²) in [7, 11) is -1.12. The molecule has 0 heterocycles. The molecule has 1 amide bonds. The van der Waals surface area contributed by atoms with Crippen molar-refractivity contribution in [1.29, 1.82) is 0 Å². The summed E-state index contributed by atoms with van der Waals surface area (Å²) in [6, 6.07) is 17.3. The predicted octanol–water partition coefficient (Wildman–Crippen LogP) is 3.06. The molecule has 0 aliphatic carbocycles. The van der Waals surface area contributed by atoms with Crippen LogP contribution in [0.2, 0.25) is 0 Å². The van der Waals surface area contributed by atoms with Crippen molar-refractivity contribution in [2.24, 2.45) is 5.10 Å². The second-order valence-electron chi connectivity index (χ2n) is 7.25. The summed E-state index contributed by atoms with van der Waals surface area (Å²) >= 11 is 0. The van der Waals surface area contributed by atoms with E-state index in [0.717, 1.165) is 9.87 Å². The number of nitrogens with one attached hydrogen (secondary N) is 1. The van der Waals surface area contributed by atoms with Gasteiger partial charge in [0, 0.05) is 0 Å². The molecule has 0 aliphatic heterocycles. The summed E-state index contributed by atoms with van der Waals surface area (Å²) in [5, 5.41) is 13.5. The first-order valence-electron chi connectivity index (χ1n) is 10.2. The van der Waals surface area contributed by atoms with Crippen molar-refractivity contribution in [2.75, 3.05) is 25.1 Å². The Bertz CT molecular complexity index is 1270. The molecule has 0 aliphatic rings. The zero-order valence-corrected chi connectivity index (χ0v) is 19.7. The van der Waals surface area contributed by atoms with Gasteiger partial charge in [-0.25, -0.2) is 13.8 Å². The van der Waals surface area contributed by atoms with Gasteiger partial charge < -0.3 is 14.6 Å². The highest BCUT2D eigenvalue weighted by molar-refractivity contribution is 7.92. The third-order valence-electron chi connectivity index (χ3n) is 4.86. The molecule has 0 radical (unpaired) electrons. The molecule has 0 spiro atoms. The van der Waals surface area contributed by atoms with Crippen molar-refractivity contribution < 1.29 is 27.8 Å². The Labute approximate surface area is 198 Å². The Hall–Kier alpha value is -4.05. The van der Waals surface area contributed by atoms with Crippen LogP contribution in [0.4, 0.5) is 5.69 Å². The predicted molar refractivity (Wildman–Crippen MR) is 129 cm³/mol. The Morgan fingerprint density at radius 2 is 1.71 bits per heavy atom. The lowest BCUT2D eigenvalue weighted by Gasteiger charge is -2.24. The summed E-state index contributed by atoms with van der Waals surface area (Å²) in [5.41, 5.74) is 4.10. The number of carbonyl (C=O) groups excluding carboxylic acids is 1. The molecule has 0 unspecified atom stereocenters. The molecule has 3 aromatic carbocycles. The summed E-state index contributed by atoms with van der Waals surface area (Å²) < 4.78 is 37.9. The SMILES string of the molecule is COc1ccc(N(CC(=O)N/N=C\c2ccc(O)c(OC)c2)S(=O)(=O)c2ccc(C)cc2)cc1. The van der Waals surface area contributed by atoms with Crippen molar-refractivity contribution in [1.82, 2.24) is 5.43 Å². The van der Waals surface area contributed by atoms with E-state index in [1.54, 1.807) is 42.5 Å². The minimum atomic E-state index is -4.04. The molecule has 9 nitrogen and oxygen atoms in total. The number of sulfonamides is 1. The number of hydrogen-bond donors (Lipinski definition) is 2. The van der Waals surface area contributed by atoms with Crippen molar-refractivity contribution in [2.45, 2.75) is 11.8 Å². The molecule has 0 atom stereocenters. The topological polar surface area (TPSA) is 118 Å². The van der Waals surface area contributed by atoms with Crippen LogP contribution in [0.3, 0.4) is 0 Å². The van der Waals surface area contributed by atoms with Gasteiger partial charge in [-0.15, -0.1) is 0 Å². The third kappa shape index (κ3) is 5.84. The van der Waals surface area contributed by atoms with Crippen molar-refractivity contribution >= 4 is 27.8 Å². The maximum Gasteiger partial charge on any atom is 0.264 e. The van der Waals surface area contributed by atoms with Gasteiger partial charge in [0.1, 0.15) is 12.3 Å². The van der Waals surface area contributed by atoms with Gasteiger partial charge in [-0.05, 0) is 67.1 Å². The van der Waals surface area contributed by atoms with Crippen LogP contribution >= 0.6 is 0 Å². The van der Waals surface area contributed by atoms with E-state index < -0.39 is 22.5 Å². The summed E-state index contributed by atoms with van der Waals surface area (Å²) in [5.74, 6) is 0.133. The van der Waals surface area contributed by atoms with Gasteiger partial charge in [0.2, 0.25) is 0 Å². The highest BCUT2D eigenvalue weighted by Gasteiger charge is 2.27. The highest BCUT2D eigenvalue weighted by Crippen LogP contribution is 2.27. The van der Waals surface area contributed by atoms with Crippen LogP contribution in [0.25, 0.3) is 0 Å². The fourth-order valence-electron chi connectivity index (χ4n) is 3.02. The number of methoxy groups -OCH3 is 2. The molecular weight excluding hydrogens is 458 g/mol. The van der Waals surface area contributed by atoms with Gasteiger partial charge in [0.05, 0.1) is 31.0 Å². The number of anilines is 1. The van der Waals surface area contributed by atoms with E-state index in [1.165, 1.54) is 44.7 Å². The smallest absolute Gasteiger partial charge is 0.264 e. The summed E-state index contributed by atoms with van der Waals surface area (Å²) in [4.78, 5) is 12.7. The monoisotopic (exact) mass is 483 g/mol. The highest BCUT2D eigenvalue weighted by atomic mass is 32.2. The van der Waals surface area contributed by atoms with E-state index >= 15 is 0 Å². The molecule has 0 saturated carbocycles. The van der Waals surface area contributed by atoms with E-state index in [4.69, 9.17) is 9.47 Å². The minimum Gasteiger partial charge on any atom is -0.504 e. The molecule has 0 fully saturated rings. The second kappa shape index (κ2) is 10.7. The van der Waals surface area contributed by atoms with E-state index in [-0.39, 0.29) is 16.4 Å². The Morgan fingerprint density at radius 1 is 1.03 bits per heavy atom. The number of hydrazone groups is 1. The van der Waals surface area contributed by atoms with Crippen LogP contribution in [0.5, 0.6) is 17.2 Å². The van der Waals surface area contributed by atoms with Crippen LogP contribution < -0.4 is 19.2 Å². The van der Waals surface area contributed by atoms with Crippen LogP contribution in [-0.4, -0.2) is 46.4 Å². The van der Waals surface area contributed by atoms with Crippen LogP contribution in [-0.2, 0) is 14.8 Å². The van der Waals surface area contributed by atoms with Gasteiger partial charge >= 0.3 is 0 Å². The molecule has 178 valence electrons. The Morgan fingerprint density at radius 3 is 2.32 bits per heavy atom. The number of hydrogen-bond acceptors (Lipinski definition) is 7. The average Bonchev–Trinajstić information content (AvgIpc) is 2.84. The van der Waals surface area contributed by atoms with Crippen LogP contribution in [0.1, 0.15) is 11.1 Å². The number of nitrogens with zero attached hydrogens (tertiary/aromatic N) is 2. The molecule has 3 aromatic rings. The third-order valence-corrected chi connectivity index (χ3v) is 6.65. The number of ether oxygens (including phenoxy) is 2. The molecule has 10 heteroatoms. The first-order valence-corrected chi connectivity index (χ1v) is 11.6. The van der Waals surface area contributed by atoms with Gasteiger partial charge in [0.25, 0.3) is 15.9 Å². The quantitative estimate of drug-likeness (QED) is 0.357. The van der Waals surface area contributed by atoms with E-state index in [2.05, 4.69) is 10.5 Å². The zero-order valence-electron chi connectivity index (χ0n) is 18.9. The lowest BCUT2D eigenvalue weighted by Crippen LogP contribution is -2.39. The van der Waals surface area contributed by atoms with Crippen LogP contribution in [0, 0.1) is 6.92 Å². The molecule has 0 saturated heterocycles. The number of carbonyl (C=O) groups is 1. The Balaban J connectivity index is 1.83. The maximum atomic E-state index is 13.4. The van der Waals surface area contributed by atoms with E-state index in [1.807, 2.05) is 6.92 Å². The molecule has 2 N–H and O–H groups in total. The zero-order chi connectivity index (χ0) is 24.7. The van der Waals surface area contributed by atoms with Crippen LogP contribution in [0.15, 0.2) is 76.7 Å². The first kappa shape index (κ1) is 24.6. The number of aromatic hydroxyl groups is 1. The summed E-state index contributed by atoms with van der Waals surface area (Å²) in [6.07, 6.45) is 1.35. The summed E-state index contributed by atoms with van der Waals surface area (Å²) in [6.45, 7) is 1.35. The van der Waals surface area contributed by atoms with Gasteiger partial charge in [-0.2, -0.15) is 5.10 Å². The van der Waals surface area contributed by atoms with Gasteiger partial charge in [0.15, 0.2) is 11.5 Å². The second-order valence-corrected chi connectivity index (χ2v) is 9.11. The average molecular weight is 484 g/mol. The molecule has 3 rings (SSSR count). The fourth-order valence-corrected chi connectivity index (χ4v) is 4.44. The number of phenols is 1. The fraction of sp³-hybridized carbons (Fsp3) is 0.167. The lowest BCUT2D eigenvalue weighted by molar-refractivity contribution is -0.119. The number of amides is 1. The van der Waals surface area contributed by atoms with Crippen molar-refractivity contribution in [3.05, 3.63) is 77.9 Å². The Kier molecular flexibility index (Phi) is 7.75. The molecule has 0 aromatic heterocycles. The van der Waals surface area contributed by atoms with Gasteiger partial charge in [-0.3, -0.25) is 9.10 Å². The molecular formula is C24H25N3O6S. The van der Waals surface area contributed by atoms with Crippen molar-refractivity contribution in [3.63, 3.8) is 0 Å². The number of rotatable bonds is 9. The minimum absolute atomic E-state index is 0.0277.